The molecule has 0 radical (unpaired) electrons. The molecule has 1 aliphatic heterocycles. The first-order chi connectivity index (χ1) is 10.0. The van der Waals surface area contributed by atoms with Crippen LogP contribution in [0.4, 0.5) is 5.69 Å². The summed E-state index contributed by atoms with van der Waals surface area (Å²) in [5.74, 6) is 1.03. The number of para-hydroxylation sites is 2. The number of rotatable bonds is 5. The summed E-state index contributed by atoms with van der Waals surface area (Å²) >= 11 is 0. The van der Waals surface area contributed by atoms with Gasteiger partial charge < -0.3 is 15.0 Å². The number of hydrogen-bond acceptors (Lipinski definition) is 3. The third-order valence-corrected chi connectivity index (χ3v) is 4.22. The van der Waals surface area contributed by atoms with Crippen molar-refractivity contribution in [2.24, 2.45) is 5.41 Å². The van der Waals surface area contributed by atoms with Crippen LogP contribution >= 0.6 is 0 Å². The molecule has 0 spiro atoms. The van der Waals surface area contributed by atoms with Gasteiger partial charge in [-0.3, -0.25) is 0 Å². The van der Waals surface area contributed by atoms with Crippen molar-refractivity contribution in [3.8, 4) is 5.75 Å². The van der Waals surface area contributed by atoms with E-state index in [9.17, 15) is 0 Å². The van der Waals surface area contributed by atoms with E-state index in [1.54, 1.807) is 0 Å². The molecule has 1 heterocycles. The lowest BCUT2D eigenvalue weighted by Crippen LogP contribution is -2.43. The topological polar surface area (TPSA) is 24.5 Å². The first kappa shape index (κ1) is 16.2. The summed E-state index contributed by atoms with van der Waals surface area (Å²) in [4.78, 5) is 2.48. The Bertz CT molecular complexity index is 439. The van der Waals surface area contributed by atoms with E-state index < -0.39 is 0 Å². The lowest BCUT2D eigenvalue weighted by Gasteiger charge is -2.34. The number of hydrogen-bond donors (Lipinski definition) is 1. The Morgan fingerprint density at radius 3 is 2.76 bits per heavy atom. The quantitative estimate of drug-likeness (QED) is 0.895. The molecule has 1 aliphatic rings. The van der Waals surface area contributed by atoms with E-state index >= 15 is 0 Å². The summed E-state index contributed by atoms with van der Waals surface area (Å²) in [6.45, 7) is 13.2. The second kappa shape index (κ2) is 7.17. The molecule has 1 N–H and O–H groups in total. The van der Waals surface area contributed by atoms with Crippen molar-refractivity contribution < 1.29 is 4.74 Å². The van der Waals surface area contributed by atoms with Crippen LogP contribution in [0, 0.1) is 5.41 Å². The van der Waals surface area contributed by atoms with E-state index in [1.807, 2.05) is 0 Å². The van der Waals surface area contributed by atoms with E-state index in [0.717, 1.165) is 44.8 Å². The number of nitrogens with one attached hydrogen (secondary N) is 1. The van der Waals surface area contributed by atoms with Crippen molar-refractivity contribution in [2.45, 2.75) is 46.6 Å². The van der Waals surface area contributed by atoms with E-state index in [0.29, 0.717) is 6.04 Å². The highest BCUT2D eigenvalue weighted by Gasteiger charge is 2.25. The Balaban J connectivity index is 2.05. The van der Waals surface area contributed by atoms with Crippen LogP contribution in [0.25, 0.3) is 0 Å². The Labute approximate surface area is 129 Å². The molecule has 3 nitrogen and oxygen atoms in total. The van der Waals surface area contributed by atoms with Gasteiger partial charge in [0.15, 0.2) is 0 Å². The van der Waals surface area contributed by atoms with Crippen LogP contribution in [0.5, 0.6) is 5.75 Å². The SMILES string of the molecule is CCNC(CCN1CCCOc2ccccc21)C(C)(C)C. The molecule has 0 fully saturated rings. The van der Waals surface area contributed by atoms with Gasteiger partial charge in [-0.2, -0.15) is 0 Å². The zero-order chi connectivity index (χ0) is 15.3. The molecule has 0 aromatic heterocycles. The summed E-state index contributed by atoms with van der Waals surface area (Å²) in [6, 6.07) is 8.96. The van der Waals surface area contributed by atoms with Gasteiger partial charge in [0.25, 0.3) is 0 Å². The minimum Gasteiger partial charge on any atom is -0.491 e. The summed E-state index contributed by atoms with van der Waals surface area (Å²) in [5.41, 5.74) is 1.54. The standard InChI is InChI=1S/C18H30N2O/c1-5-19-17(18(2,3)4)11-13-20-12-8-14-21-16-10-7-6-9-15(16)20/h6-7,9-10,17,19H,5,8,11-14H2,1-4H3. The van der Waals surface area contributed by atoms with Crippen LogP contribution in [0.15, 0.2) is 24.3 Å². The van der Waals surface area contributed by atoms with E-state index in [-0.39, 0.29) is 5.41 Å². The second-order valence-corrected chi connectivity index (χ2v) is 6.92. The smallest absolute Gasteiger partial charge is 0.142 e. The highest BCUT2D eigenvalue weighted by Crippen LogP contribution is 2.31. The lowest BCUT2D eigenvalue weighted by atomic mass is 9.84. The molecular formula is C18H30N2O. The summed E-state index contributed by atoms with van der Waals surface area (Å²) in [6.07, 6.45) is 2.25. The van der Waals surface area contributed by atoms with Crippen LogP contribution in [0.1, 0.15) is 40.5 Å². The van der Waals surface area contributed by atoms with Gasteiger partial charge in [-0.15, -0.1) is 0 Å². The van der Waals surface area contributed by atoms with Crippen molar-refractivity contribution >= 4 is 5.69 Å². The zero-order valence-corrected chi connectivity index (χ0v) is 14.0. The van der Waals surface area contributed by atoms with E-state index in [4.69, 9.17) is 4.74 Å². The maximum atomic E-state index is 5.84. The lowest BCUT2D eigenvalue weighted by molar-refractivity contribution is 0.259. The molecule has 0 bridgehead atoms. The number of ether oxygens (including phenoxy) is 1. The average molecular weight is 290 g/mol. The van der Waals surface area contributed by atoms with Crippen molar-refractivity contribution in [1.29, 1.82) is 0 Å². The van der Waals surface area contributed by atoms with Crippen LogP contribution in [-0.4, -0.2) is 32.3 Å². The van der Waals surface area contributed by atoms with Crippen LogP contribution in [0.2, 0.25) is 0 Å². The Morgan fingerprint density at radius 2 is 2.05 bits per heavy atom. The maximum Gasteiger partial charge on any atom is 0.142 e. The fraction of sp³-hybridized carbons (Fsp3) is 0.667. The fourth-order valence-corrected chi connectivity index (χ4v) is 3.00. The Hall–Kier alpha value is -1.22. The van der Waals surface area contributed by atoms with E-state index in [2.05, 4.69) is 62.2 Å². The summed E-state index contributed by atoms with van der Waals surface area (Å²) < 4.78 is 5.84. The molecule has 0 amide bonds. The monoisotopic (exact) mass is 290 g/mol. The number of nitrogens with zero attached hydrogens (tertiary/aromatic N) is 1. The molecule has 21 heavy (non-hydrogen) atoms. The van der Waals surface area contributed by atoms with Gasteiger partial charge in [0.1, 0.15) is 5.75 Å². The Morgan fingerprint density at radius 1 is 1.29 bits per heavy atom. The van der Waals surface area contributed by atoms with Gasteiger partial charge in [0.2, 0.25) is 0 Å². The molecule has 118 valence electrons. The third kappa shape index (κ3) is 4.37. The van der Waals surface area contributed by atoms with Gasteiger partial charge in [-0.05, 0) is 36.9 Å². The van der Waals surface area contributed by atoms with Crippen LogP contribution < -0.4 is 15.0 Å². The predicted molar refractivity (Wildman–Crippen MR) is 90.3 cm³/mol. The molecule has 0 saturated heterocycles. The molecule has 3 heteroatoms. The highest BCUT2D eigenvalue weighted by atomic mass is 16.5. The van der Waals surface area contributed by atoms with Crippen LogP contribution in [-0.2, 0) is 0 Å². The van der Waals surface area contributed by atoms with E-state index in [1.165, 1.54) is 5.69 Å². The summed E-state index contributed by atoms with van der Waals surface area (Å²) in [7, 11) is 0. The molecule has 1 aromatic carbocycles. The van der Waals surface area contributed by atoms with Gasteiger partial charge in [0.05, 0.1) is 12.3 Å². The minimum atomic E-state index is 0.290. The first-order valence-corrected chi connectivity index (χ1v) is 8.22. The predicted octanol–water partition coefficient (Wildman–Crippen LogP) is 3.69. The zero-order valence-electron chi connectivity index (χ0n) is 14.0. The van der Waals surface area contributed by atoms with Crippen molar-refractivity contribution in [3.05, 3.63) is 24.3 Å². The number of benzene rings is 1. The second-order valence-electron chi connectivity index (χ2n) is 6.92. The Kier molecular flexibility index (Phi) is 5.51. The van der Waals surface area contributed by atoms with Gasteiger partial charge >= 0.3 is 0 Å². The minimum absolute atomic E-state index is 0.290. The van der Waals surface area contributed by atoms with Crippen molar-refractivity contribution in [1.82, 2.24) is 5.32 Å². The molecule has 1 unspecified atom stereocenters. The molecule has 0 aliphatic carbocycles. The molecule has 2 rings (SSSR count). The maximum absolute atomic E-state index is 5.84. The largest absolute Gasteiger partial charge is 0.491 e. The fourth-order valence-electron chi connectivity index (χ4n) is 3.00. The molecule has 0 saturated carbocycles. The summed E-state index contributed by atoms with van der Waals surface area (Å²) in [5, 5.41) is 3.64. The molecule has 1 aromatic rings. The van der Waals surface area contributed by atoms with Gasteiger partial charge in [0, 0.05) is 19.1 Å². The average Bonchev–Trinajstić information content (AvgIpc) is 2.64. The normalized spacial score (nSPS) is 16.9. The number of fused-ring (bicyclic) bond motifs is 1. The van der Waals surface area contributed by atoms with Crippen LogP contribution in [0.3, 0.4) is 0 Å². The highest BCUT2D eigenvalue weighted by molar-refractivity contribution is 5.58. The first-order valence-electron chi connectivity index (χ1n) is 8.22. The molecule has 1 atom stereocenters. The number of anilines is 1. The van der Waals surface area contributed by atoms with Crippen molar-refractivity contribution in [3.63, 3.8) is 0 Å². The van der Waals surface area contributed by atoms with Gasteiger partial charge in [-0.25, -0.2) is 0 Å². The molecular weight excluding hydrogens is 260 g/mol. The van der Waals surface area contributed by atoms with Crippen molar-refractivity contribution in [2.75, 3.05) is 31.1 Å². The third-order valence-electron chi connectivity index (χ3n) is 4.22. The van der Waals surface area contributed by atoms with Gasteiger partial charge in [-0.1, -0.05) is 39.8 Å².